The lowest BCUT2D eigenvalue weighted by Crippen LogP contribution is -2.44. The molecule has 1 N–H and O–H groups in total. The van der Waals surface area contributed by atoms with Crippen molar-refractivity contribution in [1.82, 2.24) is 9.88 Å². The molecule has 24 heavy (non-hydrogen) atoms. The first-order valence-corrected chi connectivity index (χ1v) is 8.21. The van der Waals surface area contributed by atoms with Gasteiger partial charge < -0.3 is 14.4 Å². The summed E-state index contributed by atoms with van der Waals surface area (Å²) in [6.45, 7) is 0.706. The summed E-state index contributed by atoms with van der Waals surface area (Å²) >= 11 is 0. The number of alkyl halides is 2. The zero-order valence-corrected chi connectivity index (χ0v) is 13.3. The van der Waals surface area contributed by atoms with Gasteiger partial charge in [-0.25, -0.2) is 13.6 Å². The summed E-state index contributed by atoms with van der Waals surface area (Å²) in [7, 11) is 0. The summed E-state index contributed by atoms with van der Waals surface area (Å²) in [6.07, 6.45) is 1.42. The van der Waals surface area contributed by atoms with Gasteiger partial charge in [-0.15, -0.1) is 0 Å². The van der Waals surface area contributed by atoms with E-state index in [0.29, 0.717) is 6.54 Å². The van der Waals surface area contributed by atoms with Crippen LogP contribution in [-0.4, -0.2) is 54.2 Å². The van der Waals surface area contributed by atoms with Crippen molar-refractivity contribution >= 4 is 11.8 Å². The van der Waals surface area contributed by atoms with Crippen LogP contribution in [0.1, 0.15) is 25.7 Å². The van der Waals surface area contributed by atoms with Crippen LogP contribution in [0.15, 0.2) is 18.2 Å². The lowest BCUT2D eigenvalue weighted by Gasteiger charge is -2.28. The van der Waals surface area contributed by atoms with E-state index in [2.05, 4.69) is 10.3 Å². The molecule has 0 saturated carbocycles. The first kappa shape index (κ1) is 16.9. The Morgan fingerprint density at radius 1 is 1.42 bits per heavy atom. The smallest absolute Gasteiger partial charge is 0.323 e. The Kier molecular flexibility index (Phi) is 5.44. The highest BCUT2D eigenvalue weighted by molar-refractivity contribution is 5.88. The van der Waals surface area contributed by atoms with E-state index in [9.17, 15) is 13.6 Å². The van der Waals surface area contributed by atoms with E-state index < -0.39 is 13.0 Å². The number of aromatic nitrogens is 1. The van der Waals surface area contributed by atoms with Gasteiger partial charge in [0.15, 0.2) is 6.61 Å². The summed E-state index contributed by atoms with van der Waals surface area (Å²) in [5.41, 5.74) is 0. The van der Waals surface area contributed by atoms with E-state index in [4.69, 9.17) is 9.47 Å². The summed E-state index contributed by atoms with van der Waals surface area (Å²) in [4.78, 5) is 18.3. The van der Waals surface area contributed by atoms with Crippen molar-refractivity contribution in [2.45, 2.75) is 44.3 Å². The van der Waals surface area contributed by atoms with Crippen LogP contribution in [0.4, 0.5) is 19.4 Å². The summed E-state index contributed by atoms with van der Waals surface area (Å²) in [6, 6.07) is 4.52. The maximum absolute atomic E-state index is 12.5. The van der Waals surface area contributed by atoms with E-state index in [-0.39, 0.29) is 29.9 Å². The number of hydrogen-bond donors (Lipinski definition) is 1. The van der Waals surface area contributed by atoms with E-state index in [1.165, 1.54) is 6.07 Å². The van der Waals surface area contributed by atoms with Crippen molar-refractivity contribution < 1.29 is 23.0 Å². The number of urea groups is 1. The zero-order chi connectivity index (χ0) is 16.9. The third-order valence-electron chi connectivity index (χ3n) is 4.27. The second-order valence-electron chi connectivity index (χ2n) is 5.95. The largest absolute Gasteiger partial charge is 0.472 e. The van der Waals surface area contributed by atoms with Crippen molar-refractivity contribution in [2.75, 3.05) is 25.1 Å². The monoisotopic (exact) mass is 341 g/mol. The summed E-state index contributed by atoms with van der Waals surface area (Å²) in [5.74, 6) is 0.343. The van der Waals surface area contributed by atoms with Gasteiger partial charge >= 0.3 is 6.03 Å². The van der Waals surface area contributed by atoms with Gasteiger partial charge in [0, 0.05) is 19.2 Å². The van der Waals surface area contributed by atoms with E-state index in [0.717, 1.165) is 32.3 Å². The number of ether oxygens (including phenoxy) is 2. The number of carbonyl (C=O) groups excluding carboxylic acids is 1. The van der Waals surface area contributed by atoms with Gasteiger partial charge in [0.05, 0.1) is 12.1 Å². The maximum atomic E-state index is 12.5. The second-order valence-corrected chi connectivity index (χ2v) is 5.95. The van der Waals surface area contributed by atoms with Gasteiger partial charge in [0.1, 0.15) is 5.82 Å². The number of anilines is 1. The quantitative estimate of drug-likeness (QED) is 0.894. The van der Waals surface area contributed by atoms with Crippen LogP contribution >= 0.6 is 0 Å². The molecular formula is C16H21F2N3O3. The van der Waals surface area contributed by atoms with E-state index in [1.54, 1.807) is 17.0 Å². The minimum atomic E-state index is -2.57. The Labute approximate surface area is 139 Å². The molecule has 2 atom stereocenters. The molecule has 3 rings (SSSR count). The number of amides is 2. The number of halogens is 2. The molecule has 2 amide bonds. The minimum absolute atomic E-state index is 0.0604. The average Bonchev–Trinajstić information content (AvgIpc) is 3.23. The summed E-state index contributed by atoms with van der Waals surface area (Å²) in [5, 5.41) is 2.72. The van der Waals surface area contributed by atoms with Crippen molar-refractivity contribution in [1.29, 1.82) is 0 Å². The second kappa shape index (κ2) is 7.74. The number of rotatable bonds is 5. The average molecular weight is 341 g/mol. The Morgan fingerprint density at radius 3 is 3.04 bits per heavy atom. The molecule has 0 aliphatic carbocycles. The third-order valence-corrected chi connectivity index (χ3v) is 4.27. The Morgan fingerprint density at radius 2 is 2.29 bits per heavy atom. The fourth-order valence-corrected chi connectivity index (χ4v) is 3.23. The fourth-order valence-electron chi connectivity index (χ4n) is 3.23. The van der Waals surface area contributed by atoms with Crippen molar-refractivity contribution in [2.24, 2.45) is 0 Å². The van der Waals surface area contributed by atoms with Crippen molar-refractivity contribution in [3.05, 3.63) is 18.2 Å². The minimum Gasteiger partial charge on any atom is -0.472 e. The normalized spacial score (nSPS) is 23.7. The van der Waals surface area contributed by atoms with Crippen LogP contribution in [0.5, 0.6) is 5.88 Å². The highest BCUT2D eigenvalue weighted by Gasteiger charge is 2.36. The predicted octanol–water partition coefficient (Wildman–Crippen LogP) is 2.90. The lowest BCUT2D eigenvalue weighted by atomic mass is 10.1. The number of pyridine rings is 1. The van der Waals surface area contributed by atoms with Gasteiger partial charge in [0.2, 0.25) is 5.88 Å². The number of nitrogens with zero attached hydrogens (tertiary/aromatic N) is 2. The number of carbonyl (C=O) groups is 1. The molecule has 2 unspecified atom stereocenters. The molecule has 6 nitrogen and oxygen atoms in total. The van der Waals surface area contributed by atoms with Crippen LogP contribution in [0, 0.1) is 0 Å². The molecule has 8 heteroatoms. The van der Waals surface area contributed by atoms with Crippen molar-refractivity contribution in [3.63, 3.8) is 0 Å². The predicted molar refractivity (Wildman–Crippen MR) is 83.5 cm³/mol. The zero-order valence-electron chi connectivity index (χ0n) is 13.3. The number of nitrogens with one attached hydrogen (secondary N) is 1. The molecule has 0 spiro atoms. The molecule has 3 heterocycles. The van der Waals surface area contributed by atoms with Gasteiger partial charge in [-0.05, 0) is 31.7 Å². The van der Waals surface area contributed by atoms with Gasteiger partial charge in [-0.3, -0.25) is 5.32 Å². The third kappa shape index (κ3) is 4.11. The highest BCUT2D eigenvalue weighted by Crippen LogP contribution is 2.28. The molecule has 1 aromatic heterocycles. The van der Waals surface area contributed by atoms with E-state index in [1.807, 2.05) is 0 Å². The van der Waals surface area contributed by atoms with Crippen LogP contribution in [0.3, 0.4) is 0 Å². The number of hydrogen-bond acceptors (Lipinski definition) is 4. The Hall–Kier alpha value is -1.96. The molecule has 132 valence electrons. The van der Waals surface area contributed by atoms with E-state index >= 15 is 0 Å². The molecule has 1 aromatic rings. The lowest BCUT2D eigenvalue weighted by molar-refractivity contribution is 0.0542. The first-order valence-electron chi connectivity index (χ1n) is 8.21. The standard InChI is InChI=1S/C16H21F2N3O3/c17-13(18)10-24-15-7-1-6-14(19-15)20-16(22)21-8-2-4-11(21)12-5-3-9-23-12/h1,6-7,11-13H,2-5,8-10H2,(H,19,20,22). The molecule has 0 bridgehead atoms. The fraction of sp³-hybridized carbons (Fsp3) is 0.625. The topological polar surface area (TPSA) is 63.7 Å². The number of likely N-dealkylation sites (tertiary alicyclic amines) is 1. The molecule has 2 saturated heterocycles. The first-order chi connectivity index (χ1) is 11.6. The van der Waals surface area contributed by atoms with Crippen LogP contribution < -0.4 is 10.1 Å². The molecule has 2 aliphatic rings. The molecular weight excluding hydrogens is 320 g/mol. The van der Waals surface area contributed by atoms with Crippen molar-refractivity contribution in [3.8, 4) is 5.88 Å². The molecule has 0 aromatic carbocycles. The van der Waals surface area contributed by atoms with Gasteiger partial charge in [-0.1, -0.05) is 6.07 Å². The molecule has 0 radical (unpaired) electrons. The summed E-state index contributed by atoms with van der Waals surface area (Å²) < 4.78 is 35.0. The Bertz CT molecular complexity index is 567. The Balaban J connectivity index is 1.60. The SMILES string of the molecule is O=C(Nc1cccc(OCC(F)F)n1)N1CCCC1C1CCCO1. The van der Waals surface area contributed by atoms with Crippen LogP contribution in [0.2, 0.25) is 0 Å². The molecule has 2 fully saturated rings. The van der Waals surface area contributed by atoms with Crippen LogP contribution in [-0.2, 0) is 4.74 Å². The van der Waals surface area contributed by atoms with Crippen LogP contribution in [0.25, 0.3) is 0 Å². The van der Waals surface area contributed by atoms with Gasteiger partial charge in [0.25, 0.3) is 6.43 Å². The molecule has 2 aliphatic heterocycles. The van der Waals surface area contributed by atoms with Gasteiger partial charge in [-0.2, -0.15) is 4.98 Å². The maximum Gasteiger partial charge on any atom is 0.323 e. The highest BCUT2D eigenvalue weighted by atomic mass is 19.3.